The number of unbranched alkanes of at least 4 members (excludes halogenated alkanes) is 6. The van der Waals surface area contributed by atoms with Gasteiger partial charge in [-0.2, -0.15) is 0 Å². The highest BCUT2D eigenvalue weighted by Crippen LogP contribution is 2.43. The standard InChI is InChI=1S/C55H86NO8P/c1-3-5-7-9-10-11-12-13-14-15-16-17-18-19-20-21-22-23-24-25-26-27-28-29-30-31-32-33-34-35-36-37-38-39-40-41-42-44-46-48-55(58)64-53(52-63-65(59,60)62-50-49-56)51-61-54(57)47-45-43-8-6-4-2/h5,7,10-11,13-14,16-17,19-20,22-23,25-26,28-29,31-32,34-35,37-38,40-41,53H,3-4,6,8-9,12,15,18,21,24,27,30,33,36,39,42-52,56H2,1-2H3,(H,59,60)/b7-5-,11-10-,14-13-,17-16-,20-19-,23-22-,26-25-,29-28-,32-31-,35-34-,38-37-,41-40-. The second kappa shape index (κ2) is 49.3. The summed E-state index contributed by atoms with van der Waals surface area (Å²) in [6, 6.07) is 0. The minimum atomic E-state index is -4.39. The number of nitrogens with two attached hydrogens (primary N) is 1. The van der Waals surface area contributed by atoms with Gasteiger partial charge in [0.1, 0.15) is 6.61 Å². The van der Waals surface area contributed by atoms with E-state index in [9.17, 15) is 19.0 Å². The molecule has 0 radical (unpaired) electrons. The minimum absolute atomic E-state index is 0.0388. The van der Waals surface area contributed by atoms with Crippen LogP contribution in [0.15, 0.2) is 146 Å². The third-order valence-corrected chi connectivity index (χ3v) is 10.2. The van der Waals surface area contributed by atoms with E-state index < -0.39 is 32.5 Å². The zero-order valence-corrected chi connectivity index (χ0v) is 41.0. The molecule has 0 spiro atoms. The number of carbonyl (C=O) groups is 2. The van der Waals surface area contributed by atoms with Crippen molar-refractivity contribution >= 4 is 19.8 Å². The van der Waals surface area contributed by atoms with Crippen molar-refractivity contribution in [3.63, 3.8) is 0 Å². The topological polar surface area (TPSA) is 134 Å². The minimum Gasteiger partial charge on any atom is -0.462 e. The molecule has 2 unspecified atom stereocenters. The zero-order chi connectivity index (χ0) is 47.4. The Labute approximate surface area is 395 Å². The van der Waals surface area contributed by atoms with Crippen LogP contribution in [0.4, 0.5) is 0 Å². The van der Waals surface area contributed by atoms with Gasteiger partial charge in [0.15, 0.2) is 6.10 Å². The zero-order valence-electron chi connectivity index (χ0n) is 40.1. The summed E-state index contributed by atoms with van der Waals surface area (Å²) in [5.41, 5.74) is 5.32. The maximum absolute atomic E-state index is 12.5. The SMILES string of the molecule is CC/C=C\C/C=C\C/C=C\C/C=C\C/C=C\C/C=C\C/C=C\C/C=C\C/C=C\C/C=C\C/C=C\C/C=C\CCCCC(=O)OC(COC(=O)CCCCCCC)COP(=O)(O)OCCN. The molecule has 2 atom stereocenters. The number of phosphoric ester groups is 1. The van der Waals surface area contributed by atoms with Crippen LogP contribution in [0, 0.1) is 0 Å². The summed E-state index contributed by atoms with van der Waals surface area (Å²) in [5, 5.41) is 0. The van der Waals surface area contributed by atoms with Gasteiger partial charge in [-0.3, -0.25) is 18.6 Å². The molecule has 0 saturated carbocycles. The summed E-state index contributed by atoms with van der Waals surface area (Å²) in [6.07, 6.45) is 71.0. The second-order valence-corrected chi connectivity index (χ2v) is 16.7. The molecular formula is C55H86NO8P. The van der Waals surface area contributed by atoms with E-state index in [0.29, 0.717) is 12.8 Å². The van der Waals surface area contributed by atoms with E-state index in [1.165, 1.54) is 0 Å². The smallest absolute Gasteiger partial charge is 0.462 e. The van der Waals surface area contributed by atoms with Gasteiger partial charge in [0.2, 0.25) is 0 Å². The molecule has 0 fully saturated rings. The average Bonchev–Trinajstić information content (AvgIpc) is 3.30. The predicted molar refractivity (Wildman–Crippen MR) is 274 cm³/mol. The molecule has 364 valence electrons. The lowest BCUT2D eigenvalue weighted by atomic mass is 10.1. The quantitative estimate of drug-likeness (QED) is 0.0265. The van der Waals surface area contributed by atoms with E-state index in [1.807, 2.05) is 0 Å². The number of phosphoric acid groups is 1. The van der Waals surface area contributed by atoms with Crippen molar-refractivity contribution in [1.29, 1.82) is 0 Å². The largest absolute Gasteiger partial charge is 0.472 e. The fraction of sp³-hybridized carbons (Fsp3) is 0.527. The molecule has 0 amide bonds. The summed E-state index contributed by atoms with van der Waals surface area (Å²) in [6.45, 7) is 3.42. The molecule has 9 nitrogen and oxygen atoms in total. The lowest BCUT2D eigenvalue weighted by Crippen LogP contribution is -2.29. The van der Waals surface area contributed by atoms with Crippen LogP contribution in [-0.4, -0.2) is 49.3 Å². The number of allylic oxidation sites excluding steroid dienone is 24. The van der Waals surface area contributed by atoms with Gasteiger partial charge in [-0.25, -0.2) is 4.57 Å². The number of esters is 2. The lowest BCUT2D eigenvalue weighted by Gasteiger charge is -2.19. The molecule has 0 rings (SSSR count). The highest BCUT2D eigenvalue weighted by Gasteiger charge is 2.26. The van der Waals surface area contributed by atoms with E-state index in [-0.39, 0.29) is 32.6 Å². The van der Waals surface area contributed by atoms with Crippen molar-refractivity contribution < 1.29 is 37.6 Å². The Morgan fingerprint density at radius 1 is 0.477 bits per heavy atom. The average molecular weight is 920 g/mol. The summed E-state index contributed by atoms with van der Waals surface area (Å²) < 4.78 is 32.5. The van der Waals surface area contributed by atoms with Crippen molar-refractivity contribution in [3.05, 3.63) is 146 Å². The number of carbonyl (C=O) groups excluding carboxylic acids is 2. The Morgan fingerprint density at radius 2 is 0.846 bits per heavy atom. The molecule has 65 heavy (non-hydrogen) atoms. The van der Waals surface area contributed by atoms with Crippen molar-refractivity contribution in [2.45, 2.75) is 161 Å². The van der Waals surface area contributed by atoms with Gasteiger partial charge in [0, 0.05) is 19.4 Å². The Morgan fingerprint density at radius 3 is 1.25 bits per heavy atom. The summed E-state index contributed by atoms with van der Waals surface area (Å²) in [7, 11) is -4.39. The van der Waals surface area contributed by atoms with Crippen LogP contribution in [0.3, 0.4) is 0 Å². The molecular weight excluding hydrogens is 834 g/mol. The second-order valence-electron chi connectivity index (χ2n) is 15.2. The molecule has 3 N–H and O–H groups in total. The van der Waals surface area contributed by atoms with Gasteiger partial charge in [-0.1, -0.05) is 185 Å². The van der Waals surface area contributed by atoms with Crippen LogP contribution in [0.5, 0.6) is 0 Å². The predicted octanol–water partition coefficient (Wildman–Crippen LogP) is 14.8. The Balaban J connectivity index is 4.03. The molecule has 0 aromatic rings. The molecule has 0 aliphatic carbocycles. The van der Waals surface area contributed by atoms with Gasteiger partial charge in [-0.05, 0) is 103 Å². The summed E-state index contributed by atoms with van der Waals surface area (Å²) in [4.78, 5) is 34.5. The van der Waals surface area contributed by atoms with E-state index in [2.05, 4.69) is 160 Å². The van der Waals surface area contributed by atoms with E-state index in [1.54, 1.807) is 0 Å². The maximum Gasteiger partial charge on any atom is 0.472 e. The van der Waals surface area contributed by atoms with Crippen LogP contribution in [0.2, 0.25) is 0 Å². The van der Waals surface area contributed by atoms with Gasteiger partial charge >= 0.3 is 19.8 Å². The monoisotopic (exact) mass is 920 g/mol. The molecule has 0 aliphatic heterocycles. The van der Waals surface area contributed by atoms with Crippen molar-refractivity contribution in [2.24, 2.45) is 5.73 Å². The molecule has 0 bridgehead atoms. The van der Waals surface area contributed by atoms with Crippen LogP contribution >= 0.6 is 7.82 Å². The Hall–Kier alpha value is -4.11. The number of rotatable bonds is 43. The van der Waals surface area contributed by atoms with Crippen LogP contribution in [0.1, 0.15) is 155 Å². The first kappa shape index (κ1) is 60.9. The first-order valence-corrected chi connectivity index (χ1v) is 25.8. The molecule has 0 aromatic carbocycles. The van der Waals surface area contributed by atoms with Crippen LogP contribution in [-0.2, 0) is 32.7 Å². The van der Waals surface area contributed by atoms with E-state index in [4.69, 9.17) is 24.3 Å². The molecule has 10 heteroatoms. The Kier molecular flexibility index (Phi) is 46.2. The summed E-state index contributed by atoms with van der Waals surface area (Å²) >= 11 is 0. The van der Waals surface area contributed by atoms with Gasteiger partial charge < -0.3 is 20.1 Å². The molecule has 0 aromatic heterocycles. The van der Waals surface area contributed by atoms with Crippen LogP contribution < -0.4 is 5.73 Å². The number of ether oxygens (including phenoxy) is 2. The number of hydrogen-bond acceptors (Lipinski definition) is 8. The Bertz CT molecular complexity index is 1560. The van der Waals surface area contributed by atoms with Gasteiger partial charge in [0.25, 0.3) is 0 Å². The van der Waals surface area contributed by atoms with Crippen molar-refractivity contribution in [1.82, 2.24) is 0 Å². The van der Waals surface area contributed by atoms with E-state index in [0.717, 1.165) is 116 Å². The van der Waals surface area contributed by atoms with E-state index >= 15 is 0 Å². The maximum atomic E-state index is 12.5. The fourth-order valence-electron chi connectivity index (χ4n) is 5.67. The molecule has 0 aliphatic rings. The highest BCUT2D eigenvalue weighted by atomic mass is 31.2. The summed E-state index contributed by atoms with van der Waals surface area (Å²) in [5.74, 6) is -0.910. The van der Waals surface area contributed by atoms with Crippen LogP contribution in [0.25, 0.3) is 0 Å². The van der Waals surface area contributed by atoms with Gasteiger partial charge in [0.05, 0.1) is 13.2 Å². The third kappa shape index (κ3) is 49.2. The fourth-order valence-corrected chi connectivity index (χ4v) is 6.44. The lowest BCUT2D eigenvalue weighted by molar-refractivity contribution is -0.161. The van der Waals surface area contributed by atoms with Crippen molar-refractivity contribution in [3.8, 4) is 0 Å². The normalized spacial score (nSPS) is 14.5. The highest BCUT2D eigenvalue weighted by molar-refractivity contribution is 7.47. The first-order valence-electron chi connectivity index (χ1n) is 24.3. The molecule has 0 heterocycles. The number of hydrogen-bond donors (Lipinski definition) is 2. The first-order chi connectivity index (χ1) is 31.8. The van der Waals surface area contributed by atoms with Crippen molar-refractivity contribution in [2.75, 3.05) is 26.4 Å². The van der Waals surface area contributed by atoms with Gasteiger partial charge in [-0.15, -0.1) is 0 Å². The third-order valence-electron chi connectivity index (χ3n) is 9.24. The molecule has 0 saturated heterocycles.